The first-order valence-corrected chi connectivity index (χ1v) is 10.6. The molecule has 1 N–H and O–H groups in total. The van der Waals surface area contributed by atoms with E-state index < -0.39 is 10.0 Å². The lowest BCUT2D eigenvalue weighted by molar-refractivity contribution is -0.122. The molecule has 0 heterocycles. The Kier molecular flexibility index (Phi) is 7.42. The first kappa shape index (κ1) is 21.7. The number of ether oxygens (including phenoxy) is 2. The number of methoxy groups -OCH3 is 2. The molecule has 0 bridgehead atoms. The fourth-order valence-electron chi connectivity index (χ4n) is 2.73. The fraction of sp³-hybridized carbons (Fsp3) is 0.350. The van der Waals surface area contributed by atoms with Crippen LogP contribution < -0.4 is 14.8 Å². The van der Waals surface area contributed by atoms with Crippen LogP contribution in [0.1, 0.15) is 24.1 Å². The molecule has 28 heavy (non-hydrogen) atoms. The zero-order valence-corrected chi connectivity index (χ0v) is 17.3. The highest BCUT2D eigenvalue weighted by Gasteiger charge is 2.22. The summed E-state index contributed by atoms with van der Waals surface area (Å²) in [5.41, 5.74) is 1.63. The zero-order chi connectivity index (χ0) is 20.7. The molecular formula is C20H26N2O5S. The molecule has 8 heteroatoms. The van der Waals surface area contributed by atoms with Crippen LogP contribution in [0.15, 0.2) is 48.5 Å². The molecular weight excluding hydrogens is 380 g/mol. The van der Waals surface area contributed by atoms with E-state index >= 15 is 0 Å². The Morgan fingerprint density at radius 3 is 2.29 bits per heavy atom. The van der Waals surface area contributed by atoms with Crippen molar-refractivity contribution in [2.24, 2.45) is 0 Å². The maximum atomic E-state index is 12.5. The quantitative estimate of drug-likeness (QED) is 0.691. The summed E-state index contributed by atoms with van der Waals surface area (Å²) in [4.78, 5) is 12.5. The number of nitrogens with zero attached hydrogens (tertiary/aromatic N) is 1. The van der Waals surface area contributed by atoms with Crippen molar-refractivity contribution in [1.29, 1.82) is 0 Å². The Morgan fingerprint density at radius 1 is 1.07 bits per heavy atom. The molecule has 0 aliphatic carbocycles. The van der Waals surface area contributed by atoms with Crippen LogP contribution in [-0.4, -0.2) is 45.7 Å². The summed E-state index contributed by atoms with van der Waals surface area (Å²) in [6.07, 6.45) is 1.10. The van der Waals surface area contributed by atoms with E-state index in [1.165, 1.54) is 0 Å². The van der Waals surface area contributed by atoms with Gasteiger partial charge in [-0.25, -0.2) is 8.42 Å². The topological polar surface area (TPSA) is 84.9 Å². The molecule has 0 aromatic heterocycles. The second-order valence-electron chi connectivity index (χ2n) is 6.42. The Bertz CT molecular complexity index is 900. The summed E-state index contributed by atoms with van der Waals surface area (Å²) in [6, 6.07) is 14.2. The zero-order valence-electron chi connectivity index (χ0n) is 16.5. The van der Waals surface area contributed by atoms with E-state index in [1.54, 1.807) is 26.4 Å². The normalized spacial score (nSPS) is 12.5. The Hall–Kier alpha value is -2.58. The molecule has 1 atom stereocenters. The smallest absolute Gasteiger partial charge is 0.235 e. The highest BCUT2D eigenvalue weighted by atomic mass is 32.2. The van der Waals surface area contributed by atoms with Gasteiger partial charge in [0.2, 0.25) is 15.9 Å². The van der Waals surface area contributed by atoms with E-state index in [0.29, 0.717) is 11.5 Å². The van der Waals surface area contributed by atoms with Gasteiger partial charge in [-0.05, 0) is 30.2 Å². The van der Waals surface area contributed by atoms with Crippen LogP contribution in [0.4, 0.5) is 0 Å². The highest BCUT2D eigenvalue weighted by Crippen LogP contribution is 2.29. The first-order chi connectivity index (χ1) is 13.2. The molecule has 152 valence electrons. The minimum atomic E-state index is -3.54. The average Bonchev–Trinajstić information content (AvgIpc) is 2.66. The highest BCUT2D eigenvalue weighted by molar-refractivity contribution is 7.88. The molecule has 2 aromatic carbocycles. The molecule has 0 unspecified atom stereocenters. The van der Waals surface area contributed by atoms with E-state index in [0.717, 1.165) is 21.7 Å². The second kappa shape index (κ2) is 9.57. The number of benzene rings is 2. The van der Waals surface area contributed by atoms with Gasteiger partial charge in [-0.15, -0.1) is 0 Å². The van der Waals surface area contributed by atoms with Crippen molar-refractivity contribution in [3.63, 3.8) is 0 Å². The van der Waals surface area contributed by atoms with Gasteiger partial charge in [0.1, 0.15) is 0 Å². The van der Waals surface area contributed by atoms with Crippen LogP contribution >= 0.6 is 0 Å². The maximum Gasteiger partial charge on any atom is 0.235 e. The van der Waals surface area contributed by atoms with Gasteiger partial charge in [-0.1, -0.05) is 36.4 Å². The van der Waals surface area contributed by atoms with Gasteiger partial charge < -0.3 is 14.8 Å². The number of nitrogens with one attached hydrogen (secondary N) is 1. The Morgan fingerprint density at radius 2 is 1.71 bits per heavy atom. The van der Waals surface area contributed by atoms with Gasteiger partial charge in [-0.3, -0.25) is 4.79 Å². The molecule has 0 saturated carbocycles. The van der Waals surface area contributed by atoms with Crippen LogP contribution in [0.3, 0.4) is 0 Å². The van der Waals surface area contributed by atoms with Crippen LogP contribution in [0.25, 0.3) is 0 Å². The molecule has 2 aromatic rings. The first-order valence-electron chi connectivity index (χ1n) is 8.75. The third-order valence-electron chi connectivity index (χ3n) is 4.28. The standard InChI is InChI=1S/C20H26N2O5S/c1-15(17-10-11-18(26-2)19(12-17)27-3)21-20(23)14-22(28(4,24)25)13-16-8-6-5-7-9-16/h5-12,15H,13-14H2,1-4H3,(H,21,23)/t15-/m0/s1. The van der Waals surface area contributed by atoms with Crippen LogP contribution in [0.5, 0.6) is 11.5 Å². The molecule has 0 radical (unpaired) electrons. The van der Waals surface area contributed by atoms with E-state index in [2.05, 4.69) is 5.32 Å². The molecule has 0 aliphatic rings. The number of carbonyl (C=O) groups is 1. The van der Waals surface area contributed by atoms with E-state index in [1.807, 2.05) is 43.3 Å². The van der Waals surface area contributed by atoms with Crippen molar-refractivity contribution < 1.29 is 22.7 Å². The number of rotatable bonds is 9. The van der Waals surface area contributed by atoms with Crippen molar-refractivity contribution in [2.45, 2.75) is 19.5 Å². The minimum Gasteiger partial charge on any atom is -0.493 e. The molecule has 0 spiro atoms. The van der Waals surface area contributed by atoms with E-state index in [9.17, 15) is 13.2 Å². The second-order valence-corrected chi connectivity index (χ2v) is 8.40. The molecule has 7 nitrogen and oxygen atoms in total. The predicted molar refractivity (Wildman–Crippen MR) is 108 cm³/mol. The van der Waals surface area contributed by atoms with Gasteiger partial charge in [0.25, 0.3) is 0 Å². The summed E-state index contributed by atoms with van der Waals surface area (Å²) >= 11 is 0. The van der Waals surface area contributed by atoms with Crippen molar-refractivity contribution in [3.8, 4) is 11.5 Å². The summed E-state index contributed by atoms with van der Waals surface area (Å²) in [5, 5.41) is 2.83. The Balaban J connectivity index is 2.07. The summed E-state index contributed by atoms with van der Waals surface area (Å²) in [7, 11) is -0.451. The van der Waals surface area contributed by atoms with Gasteiger partial charge >= 0.3 is 0 Å². The van der Waals surface area contributed by atoms with Crippen LogP contribution in [0, 0.1) is 0 Å². The van der Waals surface area contributed by atoms with E-state index in [-0.39, 0.29) is 25.0 Å². The molecule has 0 aliphatic heterocycles. The maximum absolute atomic E-state index is 12.5. The minimum absolute atomic E-state index is 0.137. The fourth-order valence-corrected chi connectivity index (χ4v) is 3.47. The molecule has 2 rings (SSSR count). The van der Waals surface area contributed by atoms with Gasteiger partial charge in [0.15, 0.2) is 11.5 Å². The van der Waals surface area contributed by atoms with Crippen molar-refractivity contribution in [2.75, 3.05) is 27.0 Å². The number of carbonyl (C=O) groups excluding carboxylic acids is 1. The van der Waals surface area contributed by atoms with Gasteiger partial charge in [0.05, 0.1) is 33.1 Å². The molecule has 0 fully saturated rings. The van der Waals surface area contributed by atoms with Crippen molar-refractivity contribution in [1.82, 2.24) is 9.62 Å². The van der Waals surface area contributed by atoms with Crippen molar-refractivity contribution >= 4 is 15.9 Å². The van der Waals surface area contributed by atoms with Crippen molar-refractivity contribution in [3.05, 3.63) is 59.7 Å². The predicted octanol–water partition coefficient (Wildman–Crippen LogP) is 2.34. The third-order valence-corrected chi connectivity index (χ3v) is 5.47. The van der Waals surface area contributed by atoms with Crippen LogP contribution in [-0.2, 0) is 21.4 Å². The summed E-state index contributed by atoms with van der Waals surface area (Å²) in [5.74, 6) is 0.766. The Labute approximate surface area is 166 Å². The van der Waals surface area contributed by atoms with Gasteiger partial charge in [0, 0.05) is 6.54 Å². The number of sulfonamides is 1. The summed E-state index contributed by atoms with van der Waals surface area (Å²) < 4.78 is 35.8. The SMILES string of the molecule is COc1ccc([C@H](C)NC(=O)CN(Cc2ccccc2)S(C)(=O)=O)cc1OC. The number of amides is 1. The third kappa shape index (κ3) is 5.97. The largest absolute Gasteiger partial charge is 0.493 e. The number of hydrogen-bond donors (Lipinski definition) is 1. The van der Waals surface area contributed by atoms with Gasteiger partial charge in [-0.2, -0.15) is 4.31 Å². The lowest BCUT2D eigenvalue weighted by atomic mass is 10.1. The number of hydrogen-bond acceptors (Lipinski definition) is 5. The van der Waals surface area contributed by atoms with E-state index in [4.69, 9.17) is 9.47 Å². The average molecular weight is 407 g/mol. The lowest BCUT2D eigenvalue weighted by Gasteiger charge is -2.22. The molecule has 0 saturated heterocycles. The summed E-state index contributed by atoms with van der Waals surface area (Å²) in [6.45, 7) is 1.70. The monoisotopic (exact) mass is 406 g/mol. The molecule has 1 amide bonds. The lowest BCUT2D eigenvalue weighted by Crippen LogP contribution is -2.40. The van der Waals surface area contributed by atoms with Crippen LogP contribution in [0.2, 0.25) is 0 Å².